The van der Waals surface area contributed by atoms with E-state index in [1.54, 1.807) is 7.11 Å². The first kappa shape index (κ1) is 15.3. The zero-order valence-electron chi connectivity index (χ0n) is 11.4. The number of benzene rings is 1. The first-order valence-corrected chi connectivity index (χ1v) is 6.64. The Balaban J connectivity index is 2.92. The highest BCUT2D eigenvalue weighted by molar-refractivity contribution is 6.31. The molecule has 1 atom stereocenters. The van der Waals surface area contributed by atoms with Gasteiger partial charge in [0.05, 0.1) is 7.11 Å². The van der Waals surface area contributed by atoms with Gasteiger partial charge >= 0.3 is 0 Å². The van der Waals surface area contributed by atoms with Gasteiger partial charge in [-0.25, -0.2) is 0 Å². The molecule has 0 bridgehead atoms. The van der Waals surface area contributed by atoms with Gasteiger partial charge in [-0.05, 0) is 61.5 Å². The van der Waals surface area contributed by atoms with Gasteiger partial charge in [0.15, 0.2) is 0 Å². The summed E-state index contributed by atoms with van der Waals surface area (Å²) in [5.41, 5.74) is 13.6. The average Bonchev–Trinajstić information content (AvgIpc) is 2.35. The maximum Gasteiger partial charge on any atom is 0.122 e. The molecule has 0 amide bonds. The summed E-state index contributed by atoms with van der Waals surface area (Å²) in [4.78, 5) is 0. The molecule has 0 spiro atoms. The number of ether oxygens (including phenoxy) is 1. The van der Waals surface area contributed by atoms with Crippen molar-refractivity contribution in [2.24, 2.45) is 23.3 Å². The fourth-order valence-corrected chi connectivity index (χ4v) is 2.31. The lowest BCUT2D eigenvalue weighted by molar-refractivity contribution is 0.360. The third-order valence-electron chi connectivity index (χ3n) is 3.51. The minimum Gasteiger partial charge on any atom is -0.496 e. The van der Waals surface area contributed by atoms with Crippen molar-refractivity contribution >= 4 is 11.6 Å². The number of hydrogen-bond donors (Lipinski definition) is 2. The summed E-state index contributed by atoms with van der Waals surface area (Å²) in [5, 5.41) is 0.773. The SMILES string of the molecule is COc1cc(C)c(Cl)cc1CC(C)C(CN)CN. The molecule has 102 valence electrons. The summed E-state index contributed by atoms with van der Waals surface area (Å²) in [6.45, 7) is 5.36. The van der Waals surface area contributed by atoms with E-state index in [0.29, 0.717) is 24.9 Å². The van der Waals surface area contributed by atoms with E-state index in [1.807, 2.05) is 19.1 Å². The van der Waals surface area contributed by atoms with Crippen molar-refractivity contribution in [3.8, 4) is 5.75 Å². The normalized spacial score (nSPS) is 12.8. The monoisotopic (exact) mass is 270 g/mol. The highest BCUT2D eigenvalue weighted by Gasteiger charge is 2.17. The molecule has 0 aliphatic heterocycles. The van der Waals surface area contributed by atoms with Crippen LogP contribution in [0.25, 0.3) is 0 Å². The average molecular weight is 271 g/mol. The molecular weight excluding hydrogens is 248 g/mol. The second-order valence-corrected chi connectivity index (χ2v) is 5.23. The van der Waals surface area contributed by atoms with Gasteiger partial charge in [-0.3, -0.25) is 0 Å². The van der Waals surface area contributed by atoms with Crippen LogP contribution in [0, 0.1) is 18.8 Å². The van der Waals surface area contributed by atoms with Gasteiger partial charge in [0.1, 0.15) is 5.75 Å². The Morgan fingerprint density at radius 3 is 2.39 bits per heavy atom. The molecule has 3 nitrogen and oxygen atoms in total. The van der Waals surface area contributed by atoms with E-state index in [0.717, 1.165) is 28.3 Å². The third-order valence-corrected chi connectivity index (χ3v) is 3.92. The maximum atomic E-state index is 6.17. The quantitative estimate of drug-likeness (QED) is 0.834. The molecule has 4 heteroatoms. The predicted molar refractivity (Wildman–Crippen MR) is 77.2 cm³/mol. The van der Waals surface area contributed by atoms with Crippen LogP contribution < -0.4 is 16.2 Å². The number of halogens is 1. The second kappa shape index (κ2) is 6.98. The van der Waals surface area contributed by atoms with Crippen molar-refractivity contribution in [3.63, 3.8) is 0 Å². The van der Waals surface area contributed by atoms with Crippen molar-refractivity contribution < 1.29 is 4.74 Å². The summed E-state index contributed by atoms with van der Waals surface area (Å²) >= 11 is 6.17. The second-order valence-electron chi connectivity index (χ2n) is 4.83. The maximum absolute atomic E-state index is 6.17. The van der Waals surface area contributed by atoms with Crippen LogP contribution in [0.15, 0.2) is 12.1 Å². The van der Waals surface area contributed by atoms with E-state index in [-0.39, 0.29) is 0 Å². The topological polar surface area (TPSA) is 61.3 Å². The minimum atomic E-state index is 0.329. The van der Waals surface area contributed by atoms with Crippen LogP contribution in [0.4, 0.5) is 0 Å². The zero-order valence-corrected chi connectivity index (χ0v) is 12.1. The predicted octanol–water partition coefficient (Wildman–Crippen LogP) is 2.37. The fraction of sp³-hybridized carbons (Fsp3) is 0.571. The summed E-state index contributed by atoms with van der Waals surface area (Å²) in [6.07, 6.45) is 0.877. The van der Waals surface area contributed by atoms with E-state index in [1.165, 1.54) is 0 Å². The largest absolute Gasteiger partial charge is 0.496 e. The van der Waals surface area contributed by atoms with Crippen LogP contribution in [0.5, 0.6) is 5.75 Å². The number of hydrogen-bond acceptors (Lipinski definition) is 3. The number of rotatable bonds is 6. The Kier molecular flexibility index (Phi) is 5.93. The Morgan fingerprint density at radius 2 is 1.89 bits per heavy atom. The lowest BCUT2D eigenvalue weighted by atomic mass is 9.88. The van der Waals surface area contributed by atoms with Crippen molar-refractivity contribution in [2.75, 3.05) is 20.2 Å². The number of aryl methyl sites for hydroxylation is 1. The number of nitrogens with two attached hydrogens (primary N) is 2. The van der Waals surface area contributed by atoms with Crippen LogP contribution in [0.3, 0.4) is 0 Å². The zero-order chi connectivity index (χ0) is 13.7. The van der Waals surface area contributed by atoms with Crippen LogP contribution in [0.2, 0.25) is 5.02 Å². The van der Waals surface area contributed by atoms with Gasteiger partial charge in [0.2, 0.25) is 0 Å². The molecule has 0 aliphatic rings. The highest BCUT2D eigenvalue weighted by Crippen LogP contribution is 2.29. The van der Waals surface area contributed by atoms with E-state index >= 15 is 0 Å². The first-order chi connectivity index (χ1) is 8.53. The molecule has 1 aromatic rings. The van der Waals surface area contributed by atoms with E-state index < -0.39 is 0 Å². The van der Waals surface area contributed by atoms with Crippen molar-refractivity contribution in [1.29, 1.82) is 0 Å². The molecule has 0 radical (unpaired) electrons. The van der Waals surface area contributed by atoms with Crippen LogP contribution in [-0.4, -0.2) is 20.2 Å². The van der Waals surface area contributed by atoms with Gasteiger partial charge in [-0.2, -0.15) is 0 Å². The third kappa shape index (κ3) is 3.61. The smallest absolute Gasteiger partial charge is 0.122 e. The van der Waals surface area contributed by atoms with Crippen molar-refractivity contribution in [3.05, 3.63) is 28.3 Å². The molecule has 0 fully saturated rings. The van der Waals surface area contributed by atoms with Gasteiger partial charge in [-0.15, -0.1) is 0 Å². The molecule has 1 rings (SSSR count). The molecule has 18 heavy (non-hydrogen) atoms. The Hall–Kier alpha value is -0.770. The Morgan fingerprint density at radius 1 is 1.28 bits per heavy atom. The first-order valence-electron chi connectivity index (χ1n) is 6.26. The summed E-state index contributed by atoms with van der Waals surface area (Å²) < 4.78 is 5.41. The molecule has 0 heterocycles. The Bertz CT molecular complexity index is 392. The molecule has 0 saturated carbocycles. The van der Waals surface area contributed by atoms with Gasteiger partial charge in [-0.1, -0.05) is 18.5 Å². The van der Waals surface area contributed by atoms with E-state index in [9.17, 15) is 0 Å². The molecule has 1 unspecified atom stereocenters. The number of methoxy groups -OCH3 is 1. The van der Waals surface area contributed by atoms with Crippen LogP contribution in [-0.2, 0) is 6.42 Å². The van der Waals surface area contributed by atoms with Gasteiger partial charge in [0.25, 0.3) is 0 Å². The van der Waals surface area contributed by atoms with Crippen LogP contribution >= 0.6 is 11.6 Å². The summed E-state index contributed by atoms with van der Waals surface area (Å²) in [6, 6.07) is 3.96. The standard InChI is InChI=1S/C14H23ClN2O/c1-9(12(7-16)8-17)4-11-6-13(15)10(2)5-14(11)18-3/h5-6,9,12H,4,7-8,16-17H2,1-3H3. The molecule has 0 aliphatic carbocycles. The molecule has 0 aromatic heterocycles. The lowest BCUT2D eigenvalue weighted by Crippen LogP contribution is -2.30. The van der Waals surface area contributed by atoms with Crippen molar-refractivity contribution in [2.45, 2.75) is 20.3 Å². The van der Waals surface area contributed by atoms with E-state index in [4.69, 9.17) is 27.8 Å². The Labute approximate surface area is 114 Å². The van der Waals surface area contributed by atoms with Gasteiger partial charge < -0.3 is 16.2 Å². The van der Waals surface area contributed by atoms with Gasteiger partial charge in [0, 0.05) is 5.02 Å². The minimum absolute atomic E-state index is 0.329. The molecule has 4 N–H and O–H groups in total. The summed E-state index contributed by atoms with van der Waals surface area (Å²) in [7, 11) is 1.68. The van der Waals surface area contributed by atoms with Crippen molar-refractivity contribution in [1.82, 2.24) is 0 Å². The lowest BCUT2D eigenvalue weighted by Gasteiger charge is -2.22. The molecular formula is C14H23ClN2O. The fourth-order valence-electron chi connectivity index (χ4n) is 2.12. The molecule has 0 saturated heterocycles. The summed E-state index contributed by atoms with van der Waals surface area (Å²) in [5.74, 6) is 1.62. The van der Waals surface area contributed by atoms with Crippen LogP contribution in [0.1, 0.15) is 18.1 Å². The molecule has 1 aromatic carbocycles. The highest BCUT2D eigenvalue weighted by atomic mass is 35.5. The van der Waals surface area contributed by atoms with E-state index in [2.05, 4.69) is 6.92 Å².